The fourth-order valence-corrected chi connectivity index (χ4v) is 3.71. The molecule has 0 radical (unpaired) electrons. The molecule has 0 amide bonds. The van der Waals surface area contributed by atoms with Gasteiger partial charge in [-0.1, -0.05) is 48.0 Å². The van der Waals surface area contributed by atoms with Gasteiger partial charge in [-0.3, -0.25) is 0 Å². The van der Waals surface area contributed by atoms with Crippen LogP contribution in [0.15, 0.2) is 24.3 Å². The van der Waals surface area contributed by atoms with E-state index in [4.69, 9.17) is 4.74 Å². The first-order chi connectivity index (χ1) is 10.0. The molecule has 0 spiro atoms. The highest BCUT2D eigenvalue weighted by Gasteiger charge is 2.28. The minimum atomic E-state index is 0.379. The summed E-state index contributed by atoms with van der Waals surface area (Å²) < 4.78 is 5.46. The molecule has 1 aromatic carbocycles. The third kappa shape index (κ3) is 5.00. The molecule has 1 unspecified atom stereocenters. The van der Waals surface area contributed by atoms with Crippen LogP contribution in [0.25, 0.3) is 0 Å². The smallest absolute Gasteiger partial charge is 0.122 e. The fraction of sp³-hybridized carbons (Fsp3) is 0.667. The van der Waals surface area contributed by atoms with Crippen molar-refractivity contribution in [3.8, 4) is 5.75 Å². The molecule has 1 aromatic rings. The molecule has 3 heteroatoms. The van der Waals surface area contributed by atoms with E-state index < -0.39 is 0 Å². The lowest BCUT2D eigenvalue weighted by Gasteiger charge is -2.37. The van der Waals surface area contributed by atoms with E-state index in [1.165, 1.54) is 18.4 Å². The van der Waals surface area contributed by atoms with Gasteiger partial charge in [0.25, 0.3) is 0 Å². The van der Waals surface area contributed by atoms with E-state index in [0.717, 1.165) is 24.0 Å². The van der Waals surface area contributed by atoms with E-state index >= 15 is 0 Å². The van der Waals surface area contributed by atoms with Crippen LogP contribution in [0.1, 0.15) is 39.2 Å². The summed E-state index contributed by atoms with van der Waals surface area (Å²) >= 11 is 3.71. The first-order valence-electron chi connectivity index (χ1n) is 7.90. The number of likely N-dealkylation sites (N-methyl/N-ethyl adjacent to an activating group) is 1. The number of halogens is 1. The number of alkyl halides is 1. The summed E-state index contributed by atoms with van der Waals surface area (Å²) in [4.78, 5) is 2.49. The summed E-state index contributed by atoms with van der Waals surface area (Å²) in [6.45, 7) is 8.02. The molecule has 1 atom stereocenters. The monoisotopic (exact) mass is 355 g/mol. The molecule has 0 aliphatic rings. The van der Waals surface area contributed by atoms with Crippen molar-refractivity contribution in [2.45, 2.75) is 46.1 Å². The second kappa shape index (κ2) is 8.79. The van der Waals surface area contributed by atoms with E-state index in [1.807, 2.05) is 12.1 Å². The molecule has 0 aromatic heterocycles. The molecule has 0 bridgehead atoms. The van der Waals surface area contributed by atoms with Gasteiger partial charge in [0.1, 0.15) is 5.75 Å². The lowest BCUT2D eigenvalue weighted by molar-refractivity contribution is 0.149. The van der Waals surface area contributed by atoms with Gasteiger partial charge < -0.3 is 9.64 Å². The Kier molecular flexibility index (Phi) is 7.75. The zero-order valence-corrected chi connectivity index (χ0v) is 15.7. The van der Waals surface area contributed by atoms with Crippen molar-refractivity contribution in [2.75, 3.05) is 26.0 Å². The van der Waals surface area contributed by atoms with Crippen molar-refractivity contribution in [2.24, 2.45) is 5.41 Å². The maximum atomic E-state index is 5.46. The average molecular weight is 356 g/mol. The van der Waals surface area contributed by atoms with Crippen molar-refractivity contribution in [3.63, 3.8) is 0 Å². The second-order valence-corrected chi connectivity index (χ2v) is 6.68. The van der Waals surface area contributed by atoms with Gasteiger partial charge in [-0.25, -0.2) is 0 Å². The van der Waals surface area contributed by atoms with Crippen molar-refractivity contribution in [1.29, 1.82) is 0 Å². The van der Waals surface area contributed by atoms with Crippen molar-refractivity contribution < 1.29 is 4.74 Å². The first kappa shape index (κ1) is 18.5. The van der Waals surface area contributed by atoms with Crippen LogP contribution in [0.2, 0.25) is 0 Å². The Bertz CT molecular complexity index is 409. The van der Waals surface area contributed by atoms with Crippen LogP contribution in [-0.2, 0) is 6.42 Å². The van der Waals surface area contributed by atoms with Gasteiger partial charge in [-0.05, 0) is 50.3 Å². The van der Waals surface area contributed by atoms with E-state index in [-0.39, 0.29) is 0 Å². The number of ether oxygens (including phenoxy) is 1. The molecule has 0 saturated heterocycles. The number of hydrogen-bond donors (Lipinski definition) is 0. The van der Waals surface area contributed by atoms with Crippen LogP contribution in [0, 0.1) is 5.41 Å². The number of nitrogens with zero attached hydrogens (tertiary/aromatic N) is 1. The molecule has 0 aliphatic carbocycles. The van der Waals surface area contributed by atoms with Crippen LogP contribution in [-0.4, -0.2) is 37.0 Å². The van der Waals surface area contributed by atoms with Crippen LogP contribution in [0.3, 0.4) is 0 Å². The van der Waals surface area contributed by atoms with Gasteiger partial charge in [0.15, 0.2) is 0 Å². The summed E-state index contributed by atoms with van der Waals surface area (Å²) in [5.74, 6) is 0.996. The molecule has 0 aliphatic heterocycles. The number of para-hydroxylation sites is 1. The summed E-state index contributed by atoms with van der Waals surface area (Å²) in [7, 11) is 3.99. The Labute approximate surface area is 139 Å². The van der Waals surface area contributed by atoms with E-state index in [9.17, 15) is 0 Å². The Balaban J connectivity index is 2.72. The Morgan fingerprint density at radius 2 is 1.86 bits per heavy atom. The van der Waals surface area contributed by atoms with Crippen LogP contribution < -0.4 is 4.74 Å². The maximum Gasteiger partial charge on any atom is 0.122 e. The molecule has 0 N–H and O–H groups in total. The normalized spacial score (nSPS) is 13.5. The highest BCUT2D eigenvalue weighted by Crippen LogP contribution is 2.30. The Morgan fingerprint density at radius 3 is 2.38 bits per heavy atom. The summed E-state index contributed by atoms with van der Waals surface area (Å²) in [6.07, 6.45) is 3.44. The standard InChI is InChI=1S/C18H30BrNO/c1-6-18(7-2,13-19)14-20(4)15(3)12-16-10-8-9-11-17(16)21-5/h8-11,15H,6-7,12-14H2,1-5H3. The van der Waals surface area contributed by atoms with Gasteiger partial charge in [0.2, 0.25) is 0 Å². The lowest BCUT2D eigenvalue weighted by atomic mass is 9.83. The van der Waals surface area contributed by atoms with Gasteiger partial charge in [-0.15, -0.1) is 0 Å². The number of hydrogen-bond acceptors (Lipinski definition) is 2. The number of benzene rings is 1. The molecular formula is C18H30BrNO. The van der Waals surface area contributed by atoms with Crippen molar-refractivity contribution >= 4 is 15.9 Å². The van der Waals surface area contributed by atoms with Crippen LogP contribution in [0.4, 0.5) is 0 Å². The van der Waals surface area contributed by atoms with E-state index in [0.29, 0.717) is 11.5 Å². The largest absolute Gasteiger partial charge is 0.496 e. The highest BCUT2D eigenvalue weighted by atomic mass is 79.9. The molecule has 21 heavy (non-hydrogen) atoms. The van der Waals surface area contributed by atoms with Crippen molar-refractivity contribution in [1.82, 2.24) is 4.90 Å². The molecule has 0 fully saturated rings. The average Bonchev–Trinajstić information content (AvgIpc) is 2.53. The SMILES string of the molecule is CCC(CC)(CBr)CN(C)C(C)Cc1ccccc1OC. The molecule has 2 nitrogen and oxygen atoms in total. The van der Waals surface area contributed by atoms with E-state index in [1.54, 1.807) is 7.11 Å². The van der Waals surface area contributed by atoms with Gasteiger partial charge >= 0.3 is 0 Å². The topological polar surface area (TPSA) is 12.5 Å². The third-order valence-electron chi connectivity index (χ3n) is 4.83. The first-order valence-corrected chi connectivity index (χ1v) is 9.02. The zero-order valence-electron chi connectivity index (χ0n) is 14.2. The highest BCUT2D eigenvalue weighted by molar-refractivity contribution is 9.09. The lowest BCUT2D eigenvalue weighted by Crippen LogP contribution is -2.41. The minimum absolute atomic E-state index is 0.379. The summed E-state index contributed by atoms with van der Waals surface area (Å²) in [6, 6.07) is 8.83. The number of methoxy groups -OCH3 is 1. The van der Waals surface area contributed by atoms with E-state index in [2.05, 4.69) is 60.8 Å². The number of rotatable bonds is 9. The minimum Gasteiger partial charge on any atom is -0.496 e. The molecule has 120 valence electrons. The van der Waals surface area contributed by atoms with Crippen LogP contribution in [0.5, 0.6) is 5.75 Å². The summed E-state index contributed by atoms with van der Waals surface area (Å²) in [5, 5.41) is 1.07. The Hall–Kier alpha value is -0.540. The van der Waals surface area contributed by atoms with Crippen molar-refractivity contribution in [3.05, 3.63) is 29.8 Å². The summed E-state index contributed by atoms with van der Waals surface area (Å²) in [5.41, 5.74) is 1.67. The fourth-order valence-electron chi connectivity index (χ4n) is 2.74. The van der Waals surface area contributed by atoms with Gasteiger partial charge in [0, 0.05) is 17.9 Å². The zero-order chi connectivity index (χ0) is 15.9. The molecule has 1 rings (SSSR count). The second-order valence-electron chi connectivity index (χ2n) is 6.12. The Morgan fingerprint density at radius 1 is 1.24 bits per heavy atom. The van der Waals surface area contributed by atoms with Gasteiger partial charge in [-0.2, -0.15) is 0 Å². The molecule has 0 heterocycles. The third-order valence-corrected chi connectivity index (χ3v) is 6.02. The van der Waals surface area contributed by atoms with Gasteiger partial charge in [0.05, 0.1) is 7.11 Å². The van der Waals surface area contributed by atoms with Crippen LogP contribution >= 0.6 is 15.9 Å². The maximum absolute atomic E-state index is 5.46. The predicted molar refractivity (Wildman–Crippen MR) is 95.6 cm³/mol. The quantitative estimate of drug-likeness (QED) is 0.592. The molecular weight excluding hydrogens is 326 g/mol. The molecule has 0 saturated carbocycles. The predicted octanol–water partition coefficient (Wildman–Crippen LogP) is 4.76.